The quantitative estimate of drug-likeness (QED) is 0.329. The maximum atomic E-state index is 6.08. The molecule has 6 nitrogen and oxygen atoms in total. The van der Waals surface area contributed by atoms with Crippen LogP contribution in [0.5, 0.6) is 5.75 Å². The van der Waals surface area contributed by atoms with E-state index in [1.54, 1.807) is 7.11 Å². The molecule has 4 unspecified atom stereocenters. The normalized spacial score (nSPS) is 30.0. The molecular weight excluding hydrogens is 503 g/mol. The number of ether oxygens (including phenoxy) is 2. The molecule has 1 aromatic rings. The van der Waals surface area contributed by atoms with Gasteiger partial charge in [0.1, 0.15) is 5.75 Å². The molecule has 2 aliphatic carbocycles. The number of guanidine groups is 1. The number of hydrogen-bond acceptors (Lipinski definition) is 4. The van der Waals surface area contributed by atoms with E-state index in [9.17, 15) is 0 Å². The van der Waals surface area contributed by atoms with Crippen LogP contribution >= 0.6 is 24.0 Å². The summed E-state index contributed by atoms with van der Waals surface area (Å²) in [5.74, 6) is 2.51. The Hall–Kier alpha value is -1.06. The smallest absolute Gasteiger partial charge is 0.191 e. The molecule has 31 heavy (non-hydrogen) atoms. The molecule has 2 saturated carbocycles. The van der Waals surface area contributed by atoms with Gasteiger partial charge in [-0.05, 0) is 62.9 Å². The fourth-order valence-corrected chi connectivity index (χ4v) is 6.35. The van der Waals surface area contributed by atoms with E-state index in [4.69, 9.17) is 9.47 Å². The topological polar surface area (TPSA) is 58.1 Å². The van der Waals surface area contributed by atoms with Crippen molar-refractivity contribution in [2.75, 3.05) is 40.4 Å². The highest BCUT2D eigenvalue weighted by Crippen LogP contribution is 2.62. The molecule has 5 rings (SSSR count). The summed E-state index contributed by atoms with van der Waals surface area (Å²) in [4.78, 5) is 7.17. The lowest BCUT2D eigenvalue weighted by atomic mass is 9.46. The van der Waals surface area contributed by atoms with Crippen LogP contribution in [0.3, 0.4) is 0 Å². The zero-order chi connectivity index (χ0) is 20.6. The first-order chi connectivity index (χ1) is 14.7. The molecule has 1 aromatic carbocycles. The van der Waals surface area contributed by atoms with Gasteiger partial charge in [-0.15, -0.1) is 24.0 Å². The van der Waals surface area contributed by atoms with Crippen LogP contribution < -0.4 is 15.4 Å². The zero-order valence-corrected chi connectivity index (χ0v) is 21.1. The van der Waals surface area contributed by atoms with Crippen LogP contribution in [0, 0.1) is 11.3 Å². The van der Waals surface area contributed by atoms with Gasteiger partial charge in [-0.2, -0.15) is 0 Å². The summed E-state index contributed by atoms with van der Waals surface area (Å²) in [7, 11) is 3.63. The molecule has 4 fully saturated rings. The SMILES string of the molecule is CN=C(NCC(c1cccc(OC)c1)N1CCCC1)NC1C2CCOC2C12CCC2.I. The molecule has 2 saturated heterocycles. The molecule has 1 spiro atoms. The van der Waals surface area contributed by atoms with E-state index in [0.717, 1.165) is 38.0 Å². The van der Waals surface area contributed by atoms with Gasteiger partial charge in [0.25, 0.3) is 0 Å². The van der Waals surface area contributed by atoms with Crippen molar-refractivity contribution in [1.29, 1.82) is 0 Å². The highest BCUT2D eigenvalue weighted by molar-refractivity contribution is 14.0. The van der Waals surface area contributed by atoms with Crippen LogP contribution in [0.4, 0.5) is 0 Å². The predicted molar refractivity (Wildman–Crippen MR) is 134 cm³/mol. The molecule has 4 aliphatic rings. The van der Waals surface area contributed by atoms with E-state index in [0.29, 0.717) is 29.5 Å². The third kappa shape index (κ3) is 4.17. The van der Waals surface area contributed by atoms with Crippen molar-refractivity contribution in [2.45, 2.75) is 56.7 Å². The second-order valence-corrected chi connectivity index (χ2v) is 9.44. The second-order valence-electron chi connectivity index (χ2n) is 9.44. The highest BCUT2D eigenvalue weighted by Gasteiger charge is 2.66. The summed E-state index contributed by atoms with van der Waals surface area (Å²) < 4.78 is 11.6. The van der Waals surface area contributed by atoms with Crippen molar-refractivity contribution in [3.63, 3.8) is 0 Å². The molecule has 2 N–H and O–H groups in total. The predicted octanol–water partition coefficient (Wildman–Crippen LogP) is 3.57. The third-order valence-electron chi connectivity index (χ3n) is 8.07. The zero-order valence-electron chi connectivity index (χ0n) is 18.8. The monoisotopic (exact) mass is 540 g/mol. The Morgan fingerprint density at radius 1 is 1.29 bits per heavy atom. The van der Waals surface area contributed by atoms with Crippen LogP contribution in [0.1, 0.15) is 50.1 Å². The number of likely N-dealkylation sites (tertiary alicyclic amines) is 1. The first kappa shape index (κ1) is 23.1. The molecule has 7 heteroatoms. The van der Waals surface area contributed by atoms with Crippen molar-refractivity contribution >= 4 is 29.9 Å². The van der Waals surface area contributed by atoms with Crippen LogP contribution in [0.25, 0.3) is 0 Å². The molecule has 4 atom stereocenters. The summed E-state index contributed by atoms with van der Waals surface area (Å²) in [6, 6.07) is 9.34. The lowest BCUT2D eigenvalue weighted by Gasteiger charge is -2.63. The largest absolute Gasteiger partial charge is 0.497 e. The van der Waals surface area contributed by atoms with Crippen molar-refractivity contribution in [3.8, 4) is 5.75 Å². The number of halogens is 1. The fraction of sp³-hybridized carbons (Fsp3) is 0.708. The van der Waals surface area contributed by atoms with Gasteiger partial charge in [-0.3, -0.25) is 9.89 Å². The van der Waals surface area contributed by atoms with Gasteiger partial charge in [0.05, 0.1) is 19.3 Å². The van der Waals surface area contributed by atoms with Crippen LogP contribution in [0.15, 0.2) is 29.3 Å². The van der Waals surface area contributed by atoms with Crippen LogP contribution in [-0.2, 0) is 4.74 Å². The first-order valence-electron chi connectivity index (χ1n) is 11.7. The average Bonchev–Trinajstić information content (AvgIpc) is 3.41. The minimum atomic E-state index is 0. The Kier molecular flexibility index (Phi) is 7.33. The maximum absolute atomic E-state index is 6.08. The summed E-state index contributed by atoms with van der Waals surface area (Å²) in [5, 5.41) is 7.47. The average molecular weight is 540 g/mol. The standard InChI is InChI=1S/C24H36N4O2.HI/c1-25-23(27-21-19-9-14-30-22(19)24(21)10-6-11-24)26-16-20(28-12-3-4-13-28)17-7-5-8-18(15-17)29-2;/h5,7-8,15,19-22H,3-4,6,9-14,16H2,1-2H3,(H2,25,26,27);1H. The number of nitrogens with one attached hydrogen (secondary N) is 2. The van der Waals surface area contributed by atoms with Gasteiger partial charge in [0.2, 0.25) is 0 Å². The van der Waals surface area contributed by atoms with Gasteiger partial charge in [0, 0.05) is 37.6 Å². The van der Waals surface area contributed by atoms with Gasteiger partial charge in [-0.25, -0.2) is 0 Å². The minimum Gasteiger partial charge on any atom is -0.497 e. The summed E-state index contributed by atoms with van der Waals surface area (Å²) in [6.07, 6.45) is 8.15. The Balaban J connectivity index is 0.00000231. The van der Waals surface area contributed by atoms with Gasteiger partial charge >= 0.3 is 0 Å². The van der Waals surface area contributed by atoms with E-state index in [2.05, 4.69) is 38.7 Å². The Morgan fingerprint density at radius 2 is 2.10 bits per heavy atom. The summed E-state index contributed by atoms with van der Waals surface area (Å²) >= 11 is 0. The lowest BCUT2D eigenvalue weighted by Crippen LogP contribution is -2.72. The molecular formula is C24H37IN4O2. The lowest BCUT2D eigenvalue weighted by molar-refractivity contribution is -0.171. The van der Waals surface area contributed by atoms with E-state index in [1.165, 1.54) is 44.1 Å². The van der Waals surface area contributed by atoms with Crippen molar-refractivity contribution in [2.24, 2.45) is 16.3 Å². The van der Waals surface area contributed by atoms with Crippen molar-refractivity contribution < 1.29 is 9.47 Å². The summed E-state index contributed by atoms with van der Waals surface area (Å²) in [5.41, 5.74) is 1.67. The molecule has 0 bridgehead atoms. The van der Waals surface area contributed by atoms with Crippen LogP contribution in [0.2, 0.25) is 0 Å². The highest BCUT2D eigenvalue weighted by atomic mass is 127. The minimum absolute atomic E-state index is 0. The van der Waals surface area contributed by atoms with Crippen molar-refractivity contribution in [3.05, 3.63) is 29.8 Å². The fourth-order valence-electron chi connectivity index (χ4n) is 6.35. The number of benzene rings is 1. The van der Waals surface area contributed by atoms with Crippen molar-refractivity contribution in [1.82, 2.24) is 15.5 Å². The first-order valence-corrected chi connectivity index (χ1v) is 11.7. The molecule has 0 aromatic heterocycles. The summed E-state index contributed by atoms with van der Waals surface area (Å²) in [6.45, 7) is 4.08. The van der Waals surface area contributed by atoms with Crippen LogP contribution in [-0.4, -0.2) is 63.4 Å². The number of hydrogen-bond donors (Lipinski definition) is 2. The number of aliphatic imine (C=N–C) groups is 1. The molecule has 2 aliphatic heterocycles. The van der Waals surface area contributed by atoms with Gasteiger partial charge < -0.3 is 20.1 Å². The third-order valence-corrected chi connectivity index (χ3v) is 8.07. The number of fused-ring (bicyclic) bond motifs is 2. The van der Waals surface area contributed by atoms with Gasteiger partial charge in [-0.1, -0.05) is 18.6 Å². The molecule has 2 heterocycles. The van der Waals surface area contributed by atoms with E-state index < -0.39 is 0 Å². The number of methoxy groups -OCH3 is 1. The Bertz CT molecular complexity index is 779. The second kappa shape index (κ2) is 9.83. The van der Waals surface area contributed by atoms with E-state index in [-0.39, 0.29) is 24.0 Å². The van der Waals surface area contributed by atoms with Gasteiger partial charge in [0.15, 0.2) is 5.96 Å². The van der Waals surface area contributed by atoms with E-state index >= 15 is 0 Å². The maximum Gasteiger partial charge on any atom is 0.191 e. The Morgan fingerprint density at radius 3 is 2.77 bits per heavy atom. The number of nitrogens with zero attached hydrogens (tertiary/aromatic N) is 2. The number of rotatable bonds is 6. The van der Waals surface area contributed by atoms with E-state index in [1.807, 2.05) is 13.1 Å². The molecule has 172 valence electrons. The molecule has 0 radical (unpaired) electrons. The molecule has 0 amide bonds. The Labute approximate surface area is 203 Å².